The Morgan fingerprint density at radius 2 is 2.17 bits per heavy atom. The van der Waals surface area contributed by atoms with Crippen molar-refractivity contribution in [2.75, 3.05) is 5.73 Å². The standard InChI is InChI=1S/C14H16N4/c1-3-9-4-5-12-10(6-9)11(8-16-12)13-7-14(15)18(2)17-13/h4-8,16H,3,15H2,1-2H3. The van der Waals surface area contributed by atoms with Crippen LogP contribution in [-0.4, -0.2) is 14.8 Å². The van der Waals surface area contributed by atoms with Gasteiger partial charge in [0.15, 0.2) is 0 Å². The van der Waals surface area contributed by atoms with Crippen molar-refractivity contribution in [3.63, 3.8) is 0 Å². The summed E-state index contributed by atoms with van der Waals surface area (Å²) in [5.41, 5.74) is 10.3. The first-order valence-corrected chi connectivity index (χ1v) is 6.09. The highest BCUT2D eigenvalue weighted by atomic mass is 15.3. The van der Waals surface area contributed by atoms with E-state index in [1.807, 2.05) is 19.3 Å². The predicted molar refractivity (Wildman–Crippen MR) is 74.3 cm³/mol. The number of H-pyrrole nitrogens is 1. The van der Waals surface area contributed by atoms with E-state index in [2.05, 4.69) is 35.2 Å². The number of nitrogens with zero attached hydrogens (tertiary/aromatic N) is 2. The highest BCUT2D eigenvalue weighted by Gasteiger charge is 2.10. The second kappa shape index (κ2) is 3.91. The van der Waals surface area contributed by atoms with Gasteiger partial charge in [-0.25, -0.2) is 0 Å². The molecule has 0 atom stereocenters. The molecule has 0 spiro atoms. The SMILES string of the molecule is CCc1ccc2[nH]cc(-c3cc(N)n(C)n3)c2c1. The third-order valence-corrected chi connectivity index (χ3v) is 3.35. The maximum absolute atomic E-state index is 5.84. The van der Waals surface area contributed by atoms with Crippen molar-refractivity contribution in [2.24, 2.45) is 7.05 Å². The van der Waals surface area contributed by atoms with Crippen molar-refractivity contribution in [2.45, 2.75) is 13.3 Å². The van der Waals surface area contributed by atoms with Gasteiger partial charge in [0.1, 0.15) is 5.82 Å². The Balaban J connectivity index is 2.22. The summed E-state index contributed by atoms with van der Waals surface area (Å²) in [6.07, 6.45) is 3.02. The van der Waals surface area contributed by atoms with Crippen molar-refractivity contribution >= 4 is 16.7 Å². The number of hydrogen-bond donors (Lipinski definition) is 2. The smallest absolute Gasteiger partial charge is 0.121 e. The molecule has 0 saturated heterocycles. The Hall–Kier alpha value is -2.23. The van der Waals surface area contributed by atoms with Gasteiger partial charge >= 0.3 is 0 Å². The molecular formula is C14H16N4. The van der Waals surface area contributed by atoms with Crippen molar-refractivity contribution in [1.29, 1.82) is 0 Å². The topological polar surface area (TPSA) is 59.6 Å². The maximum atomic E-state index is 5.84. The molecule has 3 rings (SSSR count). The molecule has 2 heterocycles. The summed E-state index contributed by atoms with van der Waals surface area (Å²) in [6.45, 7) is 2.16. The second-order valence-electron chi connectivity index (χ2n) is 4.51. The first-order chi connectivity index (χ1) is 8.69. The van der Waals surface area contributed by atoms with E-state index in [1.54, 1.807) is 4.68 Å². The van der Waals surface area contributed by atoms with Gasteiger partial charge < -0.3 is 10.7 Å². The molecule has 0 aliphatic heterocycles. The van der Waals surface area contributed by atoms with Gasteiger partial charge in [0.25, 0.3) is 0 Å². The van der Waals surface area contributed by atoms with Gasteiger partial charge in [0.2, 0.25) is 0 Å². The lowest BCUT2D eigenvalue weighted by atomic mass is 10.1. The largest absolute Gasteiger partial charge is 0.384 e. The fraction of sp³-hybridized carbons (Fsp3) is 0.214. The number of aromatic nitrogens is 3. The summed E-state index contributed by atoms with van der Waals surface area (Å²) in [4.78, 5) is 3.28. The van der Waals surface area contributed by atoms with Gasteiger partial charge in [0.05, 0.1) is 5.69 Å². The number of aromatic amines is 1. The molecule has 0 bridgehead atoms. The van der Waals surface area contributed by atoms with Gasteiger partial charge in [-0.2, -0.15) is 5.10 Å². The average Bonchev–Trinajstić information content (AvgIpc) is 2.93. The van der Waals surface area contributed by atoms with Crippen LogP contribution in [0.2, 0.25) is 0 Å². The van der Waals surface area contributed by atoms with Crippen LogP contribution in [0.4, 0.5) is 5.82 Å². The monoisotopic (exact) mass is 240 g/mol. The number of nitrogens with one attached hydrogen (secondary N) is 1. The minimum Gasteiger partial charge on any atom is -0.384 e. The van der Waals surface area contributed by atoms with Gasteiger partial charge in [-0.05, 0) is 24.1 Å². The van der Waals surface area contributed by atoms with Gasteiger partial charge in [-0.1, -0.05) is 13.0 Å². The molecule has 92 valence electrons. The fourth-order valence-corrected chi connectivity index (χ4v) is 2.21. The molecule has 0 aliphatic carbocycles. The first-order valence-electron chi connectivity index (χ1n) is 6.09. The minimum absolute atomic E-state index is 0.672. The number of anilines is 1. The molecule has 18 heavy (non-hydrogen) atoms. The molecule has 0 fully saturated rings. The Morgan fingerprint density at radius 1 is 1.33 bits per heavy atom. The summed E-state index contributed by atoms with van der Waals surface area (Å²) in [6, 6.07) is 8.38. The zero-order valence-electron chi connectivity index (χ0n) is 10.6. The van der Waals surface area contributed by atoms with Crippen LogP contribution >= 0.6 is 0 Å². The summed E-state index contributed by atoms with van der Waals surface area (Å²) in [5, 5.41) is 5.63. The van der Waals surface area contributed by atoms with E-state index in [9.17, 15) is 0 Å². The third-order valence-electron chi connectivity index (χ3n) is 3.35. The summed E-state index contributed by atoms with van der Waals surface area (Å²) < 4.78 is 1.69. The molecule has 0 aliphatic rings. The Morgan fingerprint density at radius 3 is 2.83 bits per heavy atom. The van der Waals surface area contributed by atoms with Gasteiger partial charge in [-0.15, -0.1) is 0 Å². The lowest BCUT2D eigenvalue weighted by Gasteiger charge is -1.98. The van der Waals surface area contributed by atoms with Crippen LogP contribution in [0.3, 0.4) is 0 Å². The molecule has 1 aromatic carbocycles. The van der Waals surface area contributed by atoms with Crippen molar-refractivity contribution in [3.05, 3.63) is 36.0 Å². The Bertz CT molecular complexity index is 686. The third kappa shape index (κ3) is 1.57. The summed E-state index contributed by atoms with van der Waals surface area (Å²) in [5.74, 6) is 0.672. The highest BCUT2D eigenvalue weighted by molar-refractivity contribution is 5.95. The van der Waals surface area contributed by atoms with Crippen LogP contribution in [0.1, 0.15) is 12.5 Å². The highest BCUT2D eigenvalue weighted by Crippen LogP contribution is 2.29. The Labute approximate surface area is 105 Å². The van der Waals surface area contributed by atoms with E-state index in [0.29, 0.717) is 5.82 Å². The van der Waals surface area contributed by atoms with E-state index in [4.69, 9.17) is 5.73 Å². The molecule has 0 radical (unpaired) electrons. The number of fused-ring (bicyclic) bond motifs is 1. The molecule has 4 heteroatoms. The predicted octanol–water partition coefficient (Wildman–Crippen LogP) is 2.71. The average molecular weight is 240 g/mol. The number of nitrogen functional groups attached to an aromatic ring is 1. The zero-order chi connectivity index (χ0) is 12.7. The minimum atomic E-state index is 0.672. The first kappa shape index (κ1) is 10.9. The summed E-state index contributed by atoms with van der Waals surface area (Å²) >= 11 is 0. The van der Waals surface area contributed by atoms with Crippen molar-refractivity contribution in [1.82, 2.24) is 14.8 Å². The van der Waals surface area contributed by atoms with Crippen molar-refractivity contribution in [3.8, 4) is 11.3 Å². The van der Waals surface area contributed by atoms with Crippen LogP contribution in [0, 0.1) is 0 Å². The number of aryl methyl sites for hydroxylation is 2. The van der Waals surface area contributed by atoms with E-state index >= 15 is 0 Å². The molecule has 4 nitrogen and oxygen atoms in total. The van der Waals surface area contributed by atoms with E-state index in [0.717, 1.165) is 23.2 Å². The van der Waals surface area contributed by atoms with E-state index < -0.39 is 0 Å². The number of nitrogens with two attached hydrogens (primary N) is 1. The molecular weight excluding hydrogens is 224 g/mol. The van der Waals surface area contributed by atoms with Crippen LogP contribution < -0.4 is 5.73 Å². The fourth-order valence-electron chi connectivity index (χ4n) is 2.21. The van der Waals surface area contributed by atoms with Crippen LogP contribution in [0.15, 0.2) is 30.5 Å². The number of hydrogen-bond acceptors (Lipinski definition) is 2. The number of rotatable bonds is 2. The van der Waals surface area contributed by atoms with Gasteiger partial charge in [0, 0.05) is 35.8 Å². The number of benzene rings is 1. The maximum Gasteiger partial charge on any atom is 0.121 e. The Kier molecular flexibility index (Phi) is 2.37. The molecule has 0 amide bonds. The quantitative estimate of drug-likeness (QED) is 0.723. The molecule has 0 saturated carbocycles. The van der Waals surface area contributed by atoms with E-state index in [1.165, 1.54) is 10.9 Å². The summed E-state index contributed by atoms with van der Waals surface area (Å²) in [7, 11) is 1.85. The van der Waals surface area contributed by atoms with Gasteiger partial charge in [-0.3, -0.25) is 4.68 Å². The molecule has 3 N–H and O–H groups in total. The van der Waals surface area contributed by atoms with E-state index in [-0.39, 0.29) is 0 Å². The normalized spacial score (nSPS) is 11.2. The van der Waals surface area contributed by atoms with Crippen LogP contribution in [-0.2, 0) is 13.5 Å². The lowest BCUT2D eigenvalue weighted by Crippen LogP contribution is -1.96. The molecule has 3 aromatic rings. The van der Waals surface area contributed by atoms with Crippen LogP contribution in [0.5, 0.6) is 0 Å². The molecule has 2 aromatic heterocycles. The second-order valence-corrected chi connectivity index (χ2v) is 4.51. The van der Waals surface area contributed by atoms with Crippen LogP contribution in [0.25, 0.3) is 22.2 Å². The zero-order valence-corrected chi connectivity index (χ0v) is 10.6. The lowest BCUT2D eigenvalue weighted by molar-refractivity contribution is 0.782. The molecule has 0 unspecified atom stereocenters. The van der Waals surface area contributed by atoms with Crippen molar-refractivity contribution < 1.29 is 0 Å².